The van der Waals surface area contributed by atoms with Crippen molar-refractivity contribution in [3.8, 4) is 33.7 Å². The maximum Gasteiger partial charge on any atom is 0.227 e. The Hall–Kier alpha value is -7.43. The molecule has 4 heteroatoms. The third kappa shape index (κ3) is 5.19. The molecule has 11 rings (SSSR count). The van der Waals surface area contributed by atoms with E-state index in [1.807, 2.05) is 42.5 Å². The van der Waals surface area contributed by atoms with Crippen LogP contribution in [0.15, 0.2) is 203 Å². The van der Waals surface area contributed by atoms with Crippen molar-refractivity contribution in [2.75, 3.05) is 4.90 Å². The number of nitrogens with zero attached hydrogens (tertiary/aromatic N) is 2. The lowest BCUT2D eigenvalue weighted by atomic mass is 9.97. The van der Waals surface area contributed by atoms with Crippen molar-refractivity contribution < 1.29 is 8.83 Å². The van der Waals surface area contributed by atoms with Gasteiger partial charge >= 0.3 is 0 Å². The standard InChI is InChI=1S/C51H32N2O2/c1-3-13-34(14-4-1)40-19-11-12-22-45(40)53(46-31-37-17-7-8-18-39(37)41-20-9-10-21-42(41)46)38-26-23-33(24-27-38)36-25-28-43-48(32-36)54-47-30-29-44-50(49(43)47)55-51(52-44)35-15-5-2-6-16-35/h1-32H. The summed E-state index contributed by atoms with van der Waals surface area (Å²) >= 11 is 0. The van der Waals surface area contributed by atoms with E-state index in [9.17, 15) is 0 Å². The summed E-state index contributed by atoms with van der Waals surface area (Å²) in [6, 6.07) is 68.3. The summed E-state index contributed by atoms with van der Waals surface area (Å²) < 4.78 is 12.8. The first-order valence-electron chi connectivity index (χ1n) is 18.5. The topological polar surface area (TPSA) is 42.4 Å². The van der Waals surface area contributed by atoms with E-state index in [-0.39, 0.29) is 0 Å². The fourth-order valence-corrected chi connectivity index (χ4v) is 8.09. The van der Waals surface area contributed by atoms with Crippen molar-refractivity contribution >= 4 is 71.6 Å². The molecule has 0 saturated carbocycles. The third-order valence-corrected chi connectivity index (χ3v) is 10.7. The Bertz CT molecular complexity index is 3200. The van der Waals surface area contributed by atoms with Gasteiger partial charge in [-0.3, -0.25) is 0 Å². The van der Waals surface area contributed by atoms with Gasteiger partial charge in [0, 0.05) is 27.6 Å². The second-order valence-corrected chi connectivity index (χ2v) is 13.9. The predicted molar refractivity (Wildman–Crippen MR) is 227 cm³/mol. The number of anilines is 3. The molecule has 4 nitrogen and oxygen atoms in total. The minimum absolute atomic E-state index is 0.603. The van der Waals surface area contributed by atoms with E-state index in [0.717, 1.165) is 72.4 Å². The Kier molecular flexibility index (Phi) is 7.14. The van der Waals surface area contributed by atoms with E-state index < -0.39 is 0 Å². The third-order valence-electron chi connectivity index (χ3n) is 10.7. The molecule has 11 aromatic rings. The molecule has 2 heterocycles. The van der Waals surface area contributed by atoms with Crippen LogP contribution >= 0.6 is 0 Å². The molecule has 0 N–H and O–H groups in total. The average molecular weight is 705 g/mol. The van der Waals surface area contributed by atoms with Gasteiger partial charge in [0.05, 0.1) is 16.8 Å². The normalized spacial score (nSPS) is 11.6. The van der Waals surface area contributed by atoms with Gasteiger partial charge in [0.15, 0.2) is 5.58 Å². The van der Waals surface area contributed by atoms with Gasteiger partial charge in [-0.15, -0.1) is 0 Å². The number of aromatic nitrogens is 1. The van der Waals surface area contributed by atoms with Gasteiger partial charge in [0.1, 0.15) is 16.7 Å². The van der Waals surface area contributed by atoms with Crippen LogP contribution in [0, 0.1) is 0 Å². The van der Waals surface area contributed by atoms with E-state index in [2.05, 4.69) is 157 Å². The van der Waals surface area contributed by atoms with E-state index in [0.29, 0.717) is 5.89 Å². The molecule has 0 fully saturated rings. The van der Waals surface area contributed by atoms with Crippen molar-refractivity contribution in [2.45, 2.75) is 0 Å². The van der Waals surface area contributed by atoms with Gasteiger partial charge in [0.25, 0.3) is 0 Å². The minimum Gasteiger partial charge on any atom is -0.456 e. The molecule has 0 saturated heterocycles. The van der Waals surface area contributed by atoms with Crippen LogP contribution in [0.3, 0.4) is 0 Å². The van der Waals surface area contributed by atoms with Crippen LogP contribution in [0.5, 0.6) is 0 Å². The second-order valence-electron chi connectivity index (χ2n) is 13.9. The van der Waals surface area contributed by atoms with Gasteiger partial charge in [-0.1, -0.05) is 133 Å². The molecule has 0 radical (unpaired) electrons. The summed E-state index contributed by atoms with van der Waals surface area (Å²) in [7, 11) is 0. The zero-order valence-electron chi connectivity index (χ0n) is 29.7. The van der Waals surface area contributed by atoms with E-state index in [1.54, 1.807) is 0 Å². The number of benzene rings is 9. The van der Waals surface area contributed by atoms with Crippen LogP contribution < -0.4 is 4.90 Å². The predicted octanol–water partition coefficient (Wildman–Crippen LogP) is 14.5. The summed E-state index contributed by atoms with van der Waals surface area (Å²) in [6.45, 7) is 0. The van der Waals surface area contributed by atoms with Crippen molar-refractivity contribution in [3.05, 3.63) is 194 Å². The van der Waals surface area contributed by atoms with Gasteiger partial charge in [0.2, 0.25) is 5.89 Å². The Morgan fingerprint density at radius 1 is 0.400 bits per heavy atom. The molecule has 258 valence electrons. The van der Waals surface area contributed by atoms with Crippen LogP contribution in [-0.2, 0) is 0 Å². The molecule has 9 aromatic carbocycles. The van der Waals surface area contributed by atoms with Crippen LogP contribution in [0.1, 0.15) is 0 Å². The minimum atomic E-state index is 0.603. The molecule has 0 aliphatic heterocycles. The van der Waals surface area contributed by atoms with Crippen molar-refractivity contribution in [3.63, 3.8) is 0 Å². The zero-order valence-corrected chi connectivity index (χ0v) is 29.7. The van der Waals surface area contributed by atoms with Crippen molar-refractivity contribution in [2.24, 2.45) is 0 Å². The highest BCUT2D eigenvalue weighted by molar-refractivity contribution is 6.17. The number of fused-ring (bicyclic) bond motifs is 8. The second kappa shape index (κ2) is 12.6. The highest BCUT2D eigenvalue weighted by Crippen LogP contribution is 2.46. The van der Waals surface area contributed by atoms with Gasteiger partial charge < -0.3 is 13.7 Å². The van der Waals surface area contributed by atoms with Gasteiger partial charge in [-0.25, -0.2) is 4.98 Å². The highest BCUT2D eigenvalue weighted by Gasteiger charge is 2.21. The Morgan fingerprint density at radius 2 is 1.07 bits per heavy atom. The van der Waals surface area contributed by atoms with Gasteiger partial charge in [-0.05, 0) is 93.5 Å². The highest BCUT2D eigenvalue weighted by atomic mass is 16.4. The first-order chi connectivity index (χ1) is 27.3. The molecular formula is C51H32N2O2. The summed E-state index contributed by atoms with van der Waals surface area (Å²) in [5.74, 6) is 0.603. The number of oxazole rings is 1. The fourth-order valence-electron chi connectivity index (χ4n) is 8.09. The lowest BCUT2D eigenvalue weighted by molar-refractivity contribution is 0.622. The van der Waals surface area contributed by atoms with Gasteiger partial charge in [-0.2, -0.15) is 0 Å². The Morgan fingerprint density at radius 3 is 1.89 bits per heavy atom. The first kappa shape index (κ1) is 31.1. The smallest absolute Gasteiger partial charge is 0.227 e. The molecule has 0 amide bonds. The molecule has 0 aliphatic carbocycles. The molecule has 0 atom stereocenters. The number of rotatable bonds is 6. The first-order valence-corrected chi connectivity index (χ1v) is 18.5. The van der Waals surface area contributed by atoms with Crippen LogP contribution in [0.2, 0.25) is 0 Å². The molecule has 2 aromatic heterocycles. The van der Waals surface area contributed by atoms with E-state index in [1.165, 1.54) is 27.1 Å². The summed E-state index contributed by atoms with van der Waals surface area (Å²) in [4.78, 5) is 7.20. The number of hydrogen-bond donors (Lipinski definition) is 0. The molecule has 0 unspecified atom stereocenters. The van der Waals surface area contributed by atoms with Crippen molar-refractivity contribution in [1.29, 1.82) is 0 Å². The number of para-hydroxylation sites is 1. The molecule has 55 heavy (non-hydrogen) atoms. The van der Waals surface area contributed by atoms with Crippen LogP contribution in [0.25, 0.3) is 88.3 Å². The largest absolute Gasteiger partial charge is 0.456 e. The molecular weight excluding hydrogens is 673 g/mol. The maximum atomic E-state index is 6.45. The fraction of sp³-hybridized carbons (Fsp3) is 0. The Labute approximate surface area is 317 Å². The average Bonchev–Trinajstić information content (AvgIpc) is 3.86. The molecule has 0 bridgehead atoms. The Balaban J connectivity index is 1.04. The molecule has 0 spiro atoms. The lowest BCUT2D eigenvalue weighted by Crippen LogP contribution is -2.12. The maximum absolute atomic E-state index is 6.45. The SMILES string of the molecule is c1ccc(-c2nc3ccc4oc5cc(-c6ccc(N(c7ccccc7-c7ccccc7)c7cc8ccccc8c8ccccc78)cc6)ccc5c4c3o2)cc1. The van der Waals surface area contributed by atoms with Crippen LogP contribution in [0.4, 0.5) is 17.1 Å². The van der Waals surface area contributed by atoms with E-state index >= 15 is 0 Å². The quantitative estimate of drug-likeness (QED) is 0.162. The number of furan rings is 1. The summed E-state index contributed by atoms with van der Waals surface area (Å²) in [5, 5.41) is 6.82. The number of hydrogen-bond acceptors (Lipinski definition) is 4. The molecule has 0 aliphatic rings. The monoisotopic (exact) mass is 704 g/mol. The van der Waals surface area contributed by atoms with Crippen molar-refractivity contribution in [1.82, 2.24) is 4.98 Å². The van der Waals surface area contributed by atoms with Crippen LogP contribution in [-0.4, -0.2) is 4.98 Å². The summed E-state index contributed by atoms with van der Waals surface area (Å²) in [5.41, 5.74) is 11.9. The lowest BCUT2D eigenvalue weighted by Gasteiger charge is -2.29. The zero-order chi connectivity index (χ0) is 36.3. The van der Waals surface area contributed by atoms with E-state index in [4.69, 9.17) is 13.8 Å². The summed E-state index contributed by atoms with van der Waals surface area (Å²) in [6.07, 6.45) is 0.